The predicted octanol–water partition coefficient (Wildman–Crippen LogP) is 5.21. The zero-order valence-corrected chi connectivity index (χ0v) is 19.5. The molecule has 0 aliphatic rings. The molecule has 0 amide bonds. The van der Waals surface area contributed by atoms with E-state index in [1.807, 2.05) is 0 Å². The van der Waals surface area contributed by atoms with Crippen LogP contribution in [0.1, 0.15) is 90.9 Å². The minimum atomic E-state index is -0.942. The highest BCUT2D eigenvalue weighted by atomic mass is 16.9. The zero-order valence-electron chi connectivity index (χ0n) is 19.5. The number of methoxy groups -OCH3 is 3. The lowest BCUT2D eigenvalue weighted by molar-refractivity contribution is -0.380. The maximum Gasteiger partial charge on any atom is 0.285 e. The van der Waals surface area contributed by atoms with Gasteiger partial charge in [-0.15, -0.1) is 0 Å². The maximum atomic E-state index is 9.15. The minimum Gasteiger partial charge on any atom is -0.396 e. The van der Waals surface area contributed by atoms with Crippen LogP contribution in [-0.4, -0.2) is 63.6 Å². The van der Waals surface area contributed by atoms with Gasteiger partial charge in [0.1, 0.15) is 0 Å². The van der Waals surface area contributed by atoms with E-state index >= 15 is 0 Å². The van der Waals surface area contributed by atoms with Gasteiger partial charge in [-0.1, -0.05) is 58.8 Å². The van der Waals surface area contributed by atoms with Crippen LogP contribution in [0.5, 0.6) is 0 Å². The smallest absolute Gasteiger partial charge is 0.285 e. The predicted molar refractivity (Wildman–Crippen MR) is 118 cm³/mol. The molecule has 5 heteroatoms. The molecule has 0 aromatic carbocycles. The summed E-state index contributed by atoms with van der Waals surface area (Å²) in [5.41, 5.74) is 0. The first-order chi connectivity index (χ1) is 13.6. The average molecular weight is 404 g/mol. The molecule has 1 atom stereocenters. The van der Waals surface area contributed by atoms with Crippen LogP contribution in [0.25, 0.3) is 0 Å². The van der Waals surface area contributed by atoms with E-state index in [0.717, 1.165) is 45.3 Å². The van der Waals surface area contributed by atoms with Crippen LogP contribution in [0, 0.1) is 5.92 Å². The topological polar surface area (TPSA) is 51.2 Å². The standard InChI is InChI=1S/C23H49NO4/c1-6-8-10-11-12-13-16-22(23(26-3,27-4)28-5)17-14-19-24(18-9-7-2)20-15-21-25/h22,25H,6-21H2,1-5H3. The fourth-order valence-electron chi connectivity index (χ4n) is 3.99. The van der Waals surface area contributed by atoms with Gasteiger partial charge in [-0.05, 0) is 45.2 Å². The van der Waals surface area contributed by atoms with Gasteiger partial charge in [-0.2, -0.15) is 0 Å². The Balaban J connectivity index is 4.63. The van der Waals surface area contributed by atoms with Crippen molar-refractivity contribution < 1.29 is 19.3 Å². The number of aliphatic hydroxyl groups is 1. The number of nitrogens with zero attached hydrogens (tertiary/aromatic N) is 1. The summed E-state index contributed by atoms with van der Waals surface area (Å²) in [6, 6.07) is 0. The molecule has 170 valence electrons. The minimum absolute atomic E-state index is 0.226. The number of aliphatic hydroxyl groups excluding tert-OH is 1. The molecule has 0 saturated carbocycles. The van der Waals surface area contributed by atoms with Crippen LogP contribution in [0.2, 0.25) is 0 Å². The van der Waals surface area contributed by atoms with Crippen molar-refractivity contribution in [3.8, 4) is 0 Å². The SMILES string of the molecule is CCCCCCCCC(CCCN(CCCC)CCCO)C(OC)(OC)OC. The summed E-state index contributed by atoms with van der Waals surface area (Å²) in [5, 5.41) is 9.15. The Morgan fingerprint density at radius 2 is 1.18 bits per heavy atom. The second-order valence-electron chi connectivity index (χ2n) is 7.88. The van der Waals surface area contributed by atoms with E-state index in [1.165, 1.54) is 51.4 Å². The highest BCUT2D eigenvalue weighted by Crippen LogP contribution is 2.32. The first-order valence-corrected chi connectivity index (χ1v) is 11.6. The largest absolute Gasteiger partial charge is 0.396 e. The second-order valence-corrected chi connectivity index (χ2v) is 7.88. The first-order valence-electron chi connectivity index (χ1n) is 11.6. The molecule has 5 nitrogen and oxygen atoms in total. The lowest BCUT2D eigenvalue weighted by Gasteiger charge is -2.37. The second kappa shape index (κ2) is 18.8. The Hall–Kier alpha value is -0.200. The summed E-state index contributed by atoms with van der Waals surface area (Å²) in [4.78, 5) is 2.48. The van der Waals surface area contributed by atoms with Crippen molar-refractivity contribution in [1.82, 2.24) is 4.90 Å². The Labute approximate surface area is 175 Å². The normalized spacial score (nSPS) is 13.4. The molecular weight excluding hydrogens is 354 g/mol. The van der Waals surface area contributed by atoms with Gasteiger partial charge in [-0.25, -0.2) is 0 Å². The molecule has 0 aliphatic heterocycles. The van der Waals surface area contributed by atoms with Gasteiger partial charge in [0.2, 0.25) is 0 Å². The molecular formula is C23H49NO4. The van der Waals surface area contributed by atoms with Crippen LogP contribution in [0.4, 0.5) is 0 Å². The highest BCUT2D eigenvalue weighted by molar-refractivity contribution is 4.73. The highest BCUT2D eigenvalue weighted by Gasteiger charge is 2.39. The van der Waals surface area contributed by atoms with Crippen molar-refractivity contribution in [2.45, 2.75) is 96.9 Å². The van der Waals surface area contributed by atoms with Crippen LogP contribution >= 0.6 is 0 Å². The molecule has 0 aromatic rings. The molecule has 0 rings (SSSR count). The number of hydrogen-bond acceptors (Lipinski definition) is 5. The van der Waals surface area contributed by atoms with Crippen molar-refractivity contribution in [2.75, 3.05) is 47.6 Å². The van der Waals surface area contributed by atoms with Crippen LogP contribution in [0.15, 0.2) is 0 Å². The molecule has 0 aliphatic carbocycles. The Bertz CT molecular complexity index is 307. The van der Waals surface area contributed by atoms with E-state index in [9.17, 15) is 0 Å². The third kappa shape index (κ3) is 11.7. The molecule has 0 aromatic heterocycles. The quantitative estimate of drug-likeness (QED) is 0.211. The number of unbranched alkanes of at least 4 members (excludes halogenated alkanes) is 6. The van der Waals surface area contributed by atoms with E-state index in [0.29, 0.717) is 0 Å². The number of hydrogen-bond donors (Lipinski definition) is 1. The summed E-state index contributed by atoms with van der Waals surface area (Å²) in [7, 11) is 5.03. The fourth-order valence-corrected chi connectivity index (χ4v) is 3.99. The van der Waals surface area contributed by atoms with Gasteiger partial charge in [0.05, 0.1) is 0 Å². The summed E-state index contributed by atoms with van der Waals surface area (Å²) in [6.07, 6.45) is 14.2. The Kier molecular flexibility index (Phi) is 18.7. The van der Waals surface area contributed by atoms with E-state index in [4.69, 9.17) is 19.3 Å². The van der Waals surface area contributed by atoms with Crippen molar-refractivity contribution in [2.24, 2.45) is 5.92 Å². The average Bonchev–Trinajstić information content (AvgIpc) is 2.73. The number of ether oxygens (including phenoxy) is 3. The van der Waals surface area contributed by atoms with Crippen molar-refractivity contribution in [3.63, 3.8) is 0 Å². The molecule has 1 N–H and O–H groups in total. The van der Waals surface area contributed by atoms with Crippen molar-refractivity contribution in [1.29, 1.82) is 0 Å². The summed E-state index contributed by atoms with van der Waals surface area (Å²) < 4.78 is 17.1. The monoisotopic (exact) mass is 403 g/mol. The first kappa shape index (κ1) is 27.8. The zero-order chi connectivity index (χ0) is 21.1. The fraction of sp³-hybridized carbons (Fsp3) is 1.00. The van der Waals surface area contributed by atoms with Crippen LogP contribution in [0.3, 0.4) is 0 Å². The van der Waals surface area contributed by atoms with E-state index in [-0.39, 0.29) is 12.5 Å². The van der Waals surface area contributed by atoms with E-state index in [2.05, 4.69) is 18.7 Å². The molecule has 0 spiro atoms. The Morgan fingerprint density at radius 1 is 0.679 bits per heavy atom. The van der Waals surface area contributed by atoms with Crippen molar-refractivity contribution in [3.05, 3.63) is 0 Å². The third-order valence-electron chi connectivity index (χ3n) is 5.75. The van der Waals surface area contributed by atoms with Gasteiger partial charge >= 0.3 is 0 Å². The van der Waals surface area contributed by atoms with Gasteiger partial charge < -0.3 is 24.2 Å². The molecule has 0 heterocycles. The molecule has 0 saturated heterocycles. The van der Waals surface area contributed by atoms with Crippen LogP contribution in [-0.2, 0) is 14.2 Å². The van der Waals surface area contributed by atoms with Crippen LogP contribution < -0.4 is 0 Å². The summed E-state index contributed by atoms with van der Waals surface area (Å²) in [5.74, 6) is -0.715. The van der Waals surface area contributed by atoms with E-state index < -0.39 is 5.97 Å². The molecule has 0 radical (unpaired) electrons. The maximum absolute atomic E-state index is 9.15. The van der Waals surface area contributed by atoms with Crippen molar-refractivity contribution >= 4 is 0 Å². The molecule has 1 unspecified atom stereocenters. The molecule has 0 fully saturated rings. The van der Waals surface area contributed by atoms with Gasteiger partial charge in [0, 0.05) is 40.4 Å². The Morgan fingerprint density at radius 3 is 1.75 bits per heavy atom. The summed E-state index contributed by atoms with van der Waals surface area (Å²) in [6.45, 7) is 7.89. The molecule has 28 heavy (non-hydrogen) atoms. The molecule has 0 bridgehead atoms. The lowest BCUT2D eigenvalue weighted by atomic mass is 9.92. The van der Waals surface area contributed by atoms with Gasteiger partial charge in [-0.3, -0.25) is 0 Å². The van der Waals surface area contributed by atoms with E-state index in [1.54, 1.807) is 21.3 Å². The number of rotatable bonds is 21. The van der Waals surface area contributed by atoms with Gasteiger partial charge in [0.15, 0.2) is 0 Å². The van der Waals surface area contributed by atoms with Gasteiger partial charge in [0.25, 0.3) is 5.97 Å². The third-order valence-corrected chi connectivity index (χ3v) is 5.75. The lowest BCUT2D eigenvalue weighted by Crippen LogP contribution is -2.44. The summed E-state index contributed by atoms with van der Waals surface area (Å²) >= 11 is 0.